The van der Waals surface area contributed by atoms with Crippen LogP contribution >= 0.6 is 12.4 Å². The van der Waals surface area contributed by atoms with Crippen LogP contribution in [0.3, 0.4) is 0 Å². The lowest BCUT2D eigenvalue weighted by Crippen LogP contribution is -2.41. The molecule has 1 aliphatic rings. The van der Waals surface area contributed by atoms with Crippen molar-refractivity contribution in [3.8, 4) is 0 Å². The van der Waals surface area contributed by atoms with E-state index in [1.165, 1.54) is 7.11 Å². The van der Waals surface area contributed by atoms with Gasteiger partial charge in [-0.1, -0.05) is 6.92 Å². The minimum absolute atomic E-state index is 0. The normalized spacial score (nSPS) is 18.9. The Morgan fingerprint density at radius 3 is 2.95 bits per heavy atom. The molecule has 8 heteroatoms. The van der Waals surface area contributed by atoms with Gasteiger partial charge in [0.1, 0.15) is 11.7 Å². The number of ether oxygens (including phenoxy) is 1. The highest BCUT2D eigenvalue weighted by atomic mass is 35.5. The van der Waals surface area contributed by atoms with E-state index in [2.05, 4.69) is 20.5 Å². The minimum atomic E-state index is -0.635. The van der Waals surface area contributed by atoms with Crippen molar-refractivity contribution in [2.75, 3.05) is 20.2 Å². The fourth-order valence-corrected chi connectivity index (χ4v) is 2.42. The third-order valence-electron chi connectivity index (χ3n) is 3.69. The number of carbonyl (C=O) groups excluding carboxylic acids is 2. The van der Waals surface area contributed by atoms with Crippen LogP contribution in [0, 0.1) is 0 Å². The second kappa shape index (κ2) is 8.75. The van der Waals surface area contributed by atoms with Crippen molar-refractivity contribution >= 4 is 24.3 Å². The number of hydrogen-bond donors (Lipinski definition) is 2. The van der Waals surface area contributed by atoms with Crippen LogP contribution < -0.4 is 10.6 Å². The van der Waals surface area contributed by atoms with Crippen molar-refractivity contribution < 1.29 is 14.3 Å². The Bertz CT molecular complexity index is 500. The van der Waals surface area contributed by atoms with Gasteiger partial charge < -0.3 is 15.4 Å². The van der Waals surface area contributed by atoms with Gasteiger partial charge in [-0.15, -0.1) is 12.4 Å². The topological polar surface area (TPSA) is 85.3 Å². The molecule has 2 heterocycles. The summed E-state index contributed by atoms with van der Waals surface area (Å²) in [5, 5.41) is 10.3. The predicted octanol–water partition coefficient (Wildman–Crippen LogP) is 0.911. The summed E-state index contributed by atoms with van der Waals surface area (Å²) in [6.07, 6.45) is 4.44. The highest BCUT2D eigenvalue weighted by Gasteiger charge is 2.22. The maximum atomic E-state index is 12.1. The van der Waals surface area contributed by atoms with E-state index >= 15 is 0 Å². The number of methoxy groups -OCH3 is 1. The Kier molecular flexibility index (Phi) is 7.34. The number of carbonyl (C=O) groups is 2. The smallest absolute Gasteiger partial charge is 0.328 e. The van der Waals surface area contributed by atoms with E-state index in [9.17, 15) is 9.59 Å². The van der Waals surface area contributed by atoms with Gasteiger partial charge in [-0.3, -0.25) is 9.48 Å². The van der Waals surface area contributed by atoms with E-state index in [1.54, 1.807) is 6.07 Å². The van der Waals surface area contributed by atoms with Crippen LogP contribution in [0.15, 0.2) is 12.3 Å². The molecular weight excluding hydrogens is 308 g/mol. The first-order chi connectivity index (χ1) is 10.2. The van der Waals surface area contributed by atoms with Crippen molar-refractivity contribution in [1.29, 1.82) is 0 Å². The second-order valence-electron chi connectivity index (χ2n) is 5.14. The van der Waals surface area contributed by atoms with Crippen molar-refractivity contribution in [2.45, 2.75) is 38.3 Å². The molecule has 0 aromatic carbocycles. The Morgan fingerprint density at radius 2 is 2.36 bits per heavy atom. The van der Waals surface area contributed by atoms with Crippen molar-refractivity contribution in [1.82, 2.24) is 20.4 Å². The fourth-order valence-electron chi connectivity index (χ4n) is 2.42. The highest BCUT2D eigenvalue weighted by molar-refractivity contribution is 5.95. The molecule has 2 rings (SSSR count). The van der Waals surface area contributed by atoms with Gasteiger partial charge in [0.15, 0.2) is 0 Å². The summed E-state index contributed by atoms with van der Waals surface area (Å²) >= 11 is 0. The molecule has 2 atom stereocenters. The zero-order valence-electron chi connectivity index (χ0n) is 12.9. The van der Waals surface area contributed by atoms with Gasteiger partial charge in [-0.05, 0) is 31.9 Å². The largest absolute Gasteiger partial charge is 0.467 e. The van der Waals surface area contributed by atoms with E-state index in [-0.39, 0.29) is 24.4 Å². The molecule has 22 heavy (non-hydrogen) atoms. The van der Waals surface area contributed by atoms with Crippen LogP contribution in [0.5, 0.6) is 0 Å². The van der Waals surface area contributed by atoms with Crippen LogP contribution in [0.4, 0.5) is 0 Å². The molecule has 0 spiro atoms. The van der Waals surface area contributed by atoms with Crippen molar-refractivity contribution in [3.63, 3.8) is 0 Å². The fraction of sp³-hybridized carbons (Fsp3) is 0.643. The maximum absolute atomic E-state index is 12.1. The zero-order chi connectivity index (χ0) is 15.2. The molecule has 0 radical (unpaired) electrons. The minimum Gasteiger partial charge on any atom is -0.467 e. The number of nitrogens with one attached hydrogen (secondary N) is 2. The summed E-state index contributed by atoms with van der Waals surface area (Å²) in [6.45, 7) is 3.71. The lowest BCUT2D eigenvalue weighted by molar-refractivity contribution is -0.142. The lowest BCUT2D eigenvalue weighted by atomic mass is 10.1. The Balaban J connectivity index is 0.00000242. The molecule has 0 aliphatic carbocycles. The molecule has 0 bridgehead atoms. The molecule has 2 unspecified atom stereocenters. The third-order valence-corrected chi connectivity index (χ3v) is 3.69. The molecular formula is C14H23ClN4O3. The number of rotatable bonds is 5. The van der Waals surface area contributed by atoms with E-state index in [0.29, 0.717) is 12.1 Å². The van der Waals surface area contributed by atoms with Crippen LogP contribution in [0.2, 0.25) is 0 Å². The van der Waals surface area contributed by atoms with Crippen LogP contribution in [0.1, 0.15) is 42.7 Å². The van der Waals surface area contributed by atoms with Crippen LogP contribution in [0.25, 0.3) is 0 Å². The summed E-state index contributed by atoms with van der Waals surface area (Å²) in [4.78, 5) is 23.6. The zero-order valence-corrected chi connectivity index (χ0v) is 13.7. The number of amides is 1. The Morgan fingerprint density at radius 1 is 1.59 bits per heavy atom. The van der Waals surface area contributed by atoms with E-state index in [0.717, 1.165) is 25.9 Å². The summed E-state index contributed by atoms with van der Waals surface area (Å²) in [5.41, 5.74) is 0.322. The van der Waals surface area contributed by atoms with Crippen LogP contribution in [-0.2, 0) is 9.53 Å². The first kappa shape index (κ1) is 18.4. The molecule has 1 aromatic rings. The highest BCUT2D eigenvalue weighted by Crippen LogP contribution is 2.15. The Hall–Kier alpha value is -1.60. The average Bonchev–Trinajstić information content (AvgIpc) is 3.02. The summed E-state index contributed by atoms with van der Waals surface area (Å²) in [7, 11) is 1.31. The maximum Gasteiger partial charge on any atom is 0.328 e. The summed E-state index contributed by atoms with van der Waals surface area (Å²) in [5.74, 6) is -0.795. The predicted molar refractivity (Wildman–Crippen MR) is 84.2 cm³/mol. The molecule has 1 aliphatic heterocycles. The molecule has 7 nitrogen and oxygen atoms in total. The number of aromatic nitrogens is 2. The van der Waals surface area contributed by atoms with Gasteiger partial charge in [-0.2, -0.15) is 5.10 Å². The van der Waals surface area contributed by atoms with Crippen molar-refractivity contribution in [2.24, 2.45) is 0 Å². The average molecular weight is 331 g/mol. The van der Waals surface area contributed by atoms with Gasteiger partial charge in [0.25, 0.3) is 5.91 Å². The van der Waals surface area contributed by atoms with Crippen molar-refractivity contribution in [3.05, 3.63) is 18.0 Å². The van der Waals surface area contributed by atoms with Gasteiger partial charge in [0.2, 0.25) is 0 Å². The molecule has 1 fully saturated rings. The standard InChI is InChI=1S/C14H22N4O3.ClH/c1-3-11(14(20)21-2)16-13(19)12-6-8-18(17-12)10-5-4-7-15-9-10;/h6,8,10-11,15H,3-5,7,9H2,1-2H3,(H,16,19);1H. The Labute approximate surface area is 136 Å². The molecule has 0 saturated carbocycles. The molecule has 124 valence electrons. The molecule has 1 aromatic heterocycles. The lowest BCUT2D eigenvalue weighted by Gasteiger charge is -2.22. The summed E-state index contributed by atoms with van der Waals surface area (Å²) < 4.78 is 6.47. The van der Waals surface area contributed by atoms with E-state index < -0.39 is 12.0 Å². The molecule has 2 N–H and O–H groups in total. The van der Waals surface area contributed by atoms with Crippen LogP contribution in [-0.4, -0.2) is 47.9 Å². The van der Waals surface area contributed by atoms with Gasteiger partial charge in [0.05, 0.1) is 13.2 Å². The number of esters is 1. The first-order valence-corrected chi connectivity index (χ1v) is 7.30. The first-order valence-electron chi connectivity index (χ1n) is 7.30. The summed E-state index contributed by atoms with van der Waals surface area (Å²) in [6, 6.07) is 1.32. The van der Waals surface area contributed by atoms with Gasteiger partial charge >= 0.3 is 5.97 Å². The quantitative estimate of drug-likeness (QED) is 0.784. The number of hydrogen-bond acceptors (Lipinski definition) is 5. The number of nitrogens with zero attached hydrogens (tertiary/aromatic N) is 2. The molecule has 1 amide bonds. The molecule has 1 saturated heterocycles. The van der Waals surface area contributed by atoms with Gasteiger partial charge in [0, 0.05) is 12.7 Å². The SMILES string of the molecule is CCC(NC(=O)c1ccn(C2CCCNC2)n1)C(=O)OC.Cl. The second-order valence-corrected chi connectivity index (χ2v) is 5.14. The monoisotopic (exact) mass is 330 g/mol. The van der Waals surface area contributed by atoms with E-state index in [4.69, 9.17) is 0 Å². The number of piperidine rings is 1. The van der Waals surface area contributed by atoms with Gasteiger partial charge in [-0.25, -0.2) is 4.79 Å². The number of halogens is 1. The third kappa shape index (κ3) is 4.45. The van der Waals surface area contributed by atoms with E-state index in [1.807, 2.05) is 17.8 Å².